The predicted octanol–water partition coefficient (Wildman–Crippen LogP) is 3.34. The molecule has 1 saturated heterocycles. The van der Waals surface area contributed by atoms with Gasteiger partial charge in [0.1, 0.15) is 12.1 Å². The third-order valence-corrected chi connectivity index (χ3v) is 6.55. The van der Waals surface area contributed by atoms with Gasteiger partial charge >= 0.3 is 6.03 Å². The lowest BCUT2D eigenvalue weighted by Gasteiger charge is -2.32. The Morgan fingerprint density at radius 2 is 1.83 bits per heavy atom. The normalized spacial score (nSPS) is 21.4. The highest BCUT2D eigenvalue weighted by Gasteiger charge is 2.52. The smallest absolute Gasteiger partial charge is 0.325 e. The molecule has 4 rings (SSSR count). The van der Waals surface area contributed by atoms with Crippen molar-refractivity contribution >= 4 is 29.4 Å². The minimum atomic E-state index is -0.952. The summed E-state index contributed by atoms with van der Waals surface area (Å²) in [6, 6.07) is 14.5. The van der Waals surface area contributed by atoms with Crippen LogP contribution in [0.25, 0.3) is 0 Å². The number of halogens is 1. The van der Waals surface area contributed by atoms with E-state index in [0.29, 0.717) is 17.9 Å². The first kappa shape index (κ1) is 20.4. The monoisotopic (exact) mass is 425 g/mol. The number of amides is 4. The maximum atomic E-state index is 13.2. The SMILES string of the molecule is CC(c1ccc(Cl)cc1)N(C)C(=O)CN1C(=O)NC2(CCc3ccccc3C2)C1=O. The Hall–Kier alpha value is -2.86. The molecule has 1 fully saturated rings. The fraction of sp³-hybridized carbons (Fsp3) is 0.348. The largest absolute Gasteiger partial charge is 0.337 e. The Morgan fingerprint density at radius 3 is 2.53 bits per heavy atom. The van der Waals surface area contributed by atoms with Gasteiger partial charge < -0.3 is 10.2 Å². The summed E-state index contributed by atoms with van der Waals surface area (Å²) in [6.45, 7) is 1.62. The van der Waals surface area contributed by atoms with Gasteiger partial charge in [-0.2, -0.15) is 0 Å². The number of imide groups is 1. The zero-order valence-corrected chi connectivity index (χ0v) is 17.8. The average Bonchev–Trinajstić information content (AvgIpc) is 2.97. The lowest BCUT2D eigenvalue weighted by molar-refractivity contribution is -0.139. The quantitative estimate of drug-likeness (QED) is 0.764. The maximum Gasteiger partial charge on any atom is 0.325 e. The molecule has 1 N–H and O–H groups in total. The van der Waals surface area contributed by atoms with Crippen LogP contribution in [0.1, 0.15) is 36.1 Å². The van der Waals surface area contributed by atoms with E-state index in [-0.39, 0.29) is 24.4 Å². The number of benzene rings is 2. The molecule has 0 aromatic heterocycles. The van der Waals surface area contributed by atoms with Crippen molar-refractivity contribution < 1.29 is 14.4 Å². The topological polar surface area (TPSA) is 69.7 Å². The van der Waals surface area contributed by atoms with Crippen LogP contribution in [0.15, 0.2) is 48.5 Å². The zero-order chi connectivity index (χ0) is 21.5. The summed E-state index contributed by atoms with van der Waals surface area (Å²) in [5.41, 5.74) is 2.25. The number of carbonyl (C=O) groups excluding carboxylic acids is 3. The minimum Gasteiger partial charge on any atom is -0.337 e. The van der Waals surface area contributed by atoms with Gasteiger partial charge in [-0.3, -0.25) is 14.5 Å². The number of likely N-dealkylation sites (N-methyl/N-ethyl adjacent to an activating group) is 1. The number of hydrogen-bond acceptors (Lipinski definition) is 3. The van der Waals surface area contributed by atoms with Gasteiger partial charge in [0.25, 0.3) is 5.91 Å². The van der Waals surface area contributed by atoms with Crippen LogP contribution in [-0.4, -0.2) is 46.8 Å². The van der Waals surface area contributed by atoms with Gasteiger partial charge in [-0.15, -0.1) is 0 Å². The number of nitrogens with zero attached hydrogens (tertiary/aromatic N) is 2. The fourth-order valence-electron chi connectivity index (χ4n) is 4.27. The van der Waals surface area contributed by atoms with E-state index in [1.807, 2.05) is 37.3 Å². The summed E-state index contributed by atoms with van der Waals surface area (Å²) in [5.74, 6) is -0.614. The van der Waals surface area contributed by atoms with E-state index in [1.54, 1.807) is 24.1 Å². The molecule has 2 aromatic carbocycles. The fourth-order valence-corrected chi connectivity index (χ4v) is 4.40. The lowest BCUT2D eigenvalue weighted by atomic mass is 9.78. The number of nitrogens with one attached hydrogen (secondary N) is 1. The van der Waals surface area contributed by atoms with Gasteiger partial charge in [0.05, 0.1) is 6.04 Å². The van der Waals surface area contributed by atoms with Gasteiger partial charge in [0.15, 0.2) is 0 Å². The Labute approximate surface area is 180 Å². The molecule has 0 saturated carbocycles. The van der Waals surface area contributed by atoms with E-state index in [4.69, 9.17) is 11.6 Å². The van der Waals surface area contributed by atoms with E-state index >= 15 is 0 Å². The summed E-state index contributed by atoms with van der Waals surface area (Å²) in [7, 11) is 1.67. The van der Waals surface area contributed by atoms with Crippen LogP contribution >= 0.6 is 11.6 Å². The van der Waals surface area contributed by atoms with Crippen molar-refractivity contribution in [2.75, 3.05) is 13.6 Å². The molecule has 30 heavy (non-hydrogen) atoms. The highest BCUT2D eigenvalue weighted by molar-refractivity contribution is 6.30. The molecule has 2 aromatic rings. The molecule has 1 aliphatic carbocycles. The summed E-state index contributed by atoms with van der Waals surface area (Å²) in [6.07, 6.45) is 1.71. The van der Waals surface area contributed by atoms with Crippen molar-refractivity contribution in [3.8, 4) is 0 Å². The van der Waals surface area contributed by atoms with E-state index in [9.17, 15) is 14.4 Å². The van der Waals surface area contributed by atoms with Crippen molar-refractivity contribution in [2.45, 2.75) is 37.8 Å². The summed E-state index contributed by atoms with van der Waals surface area (Å²) in [4.78, 5) is 41.3. The average molecular weight is 426 g/mol. The molecule has 2 aliphatic rings. The molecule has 2 atom stereocenters. The van der Waals surface area contributed by atoms with Crippen LogP contribution in [0.2, 0.25) is 5.02 Å². The molecule has 1 heterocycles. The van der Waals surface area contributed by atoms with E-state index in [0.717, 1.165) is 22.4 Å². The van der Waals surface area contributed by atoms with Gasteiger partial charge in [0, 0.05) is 18.5 Å². The van der Waals surface area contributed by atoms with Crippen LogP contribution in [0.5, 0.6) is 0 Å². The van der Waals surface area contributed by atoms with Crippen LogP contribution in [0.4, 0.5) is 4.79 Å². The Morgan fingerprint density at radius 1 is 1.17 bits per heavy atom. The summed E-state index contributed by atoms with van der Waals surface area (Å²) >= 11 is 5.94. The lowest BCUT2D eigenvalue weighted by Crippen LogP contribution is -2.51. The second kappa shape index (κ2) is 7.76. The second-order valence-electron chi connectivity index (χ2n) is 8.08. The zero-order valence-electron chi connectivity index (χ0n) is 17.0. The molecule has 0 bridgehead atoms. The minimum absolute atomic E-state index is 0.217. The van der Waals surface area contributed by atoms with E-state index < -0.39 is 11.6 Å². The number of urea groups is 1. The molecule has 4 amide bonds. The molecule has 0 radical (unpaired) electrons. The van der Waals surface area contributed by atoms with Crippen molar-refractivity contribution in [3.63, 3.8) is 0 Å². The summed E-state index contributed by atoms with van der Waals surface area (Å²) < 4.78 is 0. The van der Waals surface area contributed by atoms with Gasteiger partial charge in [0.2, 0.25) is 5.91 Å². The summed E-state index contributed by atoms with van der Waals surface area (Å²) in [5, 5.41) is 3.50. The molecular formula is C23H24ClN3O3. The van der Waals surface area contributed by atoms with E-state index in [1.165, 1.54) is 5.56 Å². The van der Waals surface area contributed by atoms with Crippen LogP contribution in [0.3, 0.4) is 0 Å². The van der Waals surface area contributed by atoms with Gasteiger partial charge in [-0.05, 0) is 48.6 Å². The van der Waals surface area contributed by atoms with Crippen LogP contribution in [0, 0.1) is 0 Å². The first-order valence-corrected chi connectivity index (χ1v) is 10.4. The maximum absolute atomic E-state index is 13.2. The molecular weight excluding hydrogens is 402 g/mol. The second-order valence-corrected chi connectivity index (χ2v) is 8.52. The molecule has 1 aliphatic heterocycles. The van der Waals surface area contributed by atoms with Gasteiger partial charge in [-0.25, -0.2) is 4.79 Å². The number of carbonyl (C=O) groups is 3. The third kappa shape index (κ3) is 3.56. The van der Waals surface area contributed by atoms with Crippen molar-refractivity contribution in [3.05, 3.63) is 70.2 Å². The van der Waals surface area contributed by atoms with E-state index in [2.05, 4.69) is 11.4 Å². The number of fused-ring (bicyclic) bond motifs is 1. The highest BCUT2D eigenvalue weighted by Crippen LogP contribution is 2.33. The highest BCUT2D eigenvalue weighted by atomic mass is 35.5. The van der Waals surface area contributed by atoms with Crippen LogP contribution in [-0.2, 0) is 22.4 Å². The Bertz CT molecular complexity index is 1010. The van der Waals surface area contributed by atoms with Crippen LogP contribution < -0.4 is 5.32 Å². The van der Waals surface area contributed by atoms with Crippen molar-refractivity contribution in [1.82, 2.24) is 15.1 Å². The first-order chi connectivity index (χ1) is 14.3. The Kier molecular flexibility index (Phi) is 5.28. The molecule has 1 spiro atoms. The predicted molar refractivity (Wildman–Crippen MR) is 114 cm³/mol. The van der Waals surface area contributed by atoms with Crippen molar-refractivity contribution in [1.29, 1.82) is 0 Å². The first-order valence-electron chi connectivity index (χ1n) is 10.0. The standard InChI is InChI=1S/C23H24ClN3O3/c1-15(16-7-9-19(24)10-8-16)26(2)20(28)14-27-21(29)23(25-22(27)30)12-11-17-5-3-4-6-18(17)13-23/h3-10,15H,11-14H2,1-2H3,(H,25,30). The van der Waals surface area contributed by atoms with Crippen molar-refractivity contribution in [2.24, 2.45) is 0 Å². The molecule has 156 valence electrons. The Balaban J connectivity index is 1.47. The third-order valence-electron chi connectivity index (χ3n) is 6.30. The molecule has 6 nitrogen and oxygen atoms in total. The number of aryl methyl sites for hydroxylation is 1. The molecule has 7 heteroatoms. The van der Waals surface area contributed by atoms with Gasteiger partial charge in [-0.1, -0.05) is 48.0 Å². The molecule has 2 unspecified atom stereocenters. The number of rotatable bonds is 4. The number of hydrogen-bond donors (Lipinski definition) is 1.